The van der Waals surface area contributed by atoms with Crippen LogP contribution in [0.15, 0.2) is 36.8 Å². The standard InChI is InChI=1S/C20H22Cl2N4O3/c1-12(20(2,3)29)25-7-6-13-10-14(4-5-15(13)25)26(8-9-27)19(28)16-17(21)23-11-24-18(16)22/h4-7,10-12,27,29H,8-9H2,1-3H3/t12-/m0/s1. The topological polar surface area (TPSA) is 91.5 Å². The Labute approximate surface area is 178 Å². The second kappa shape index (κ2) is 8.28. The molecule has 0 unspecified atom stereocenters. The minimum atomic E-state index is -0.898. The van der Waals surface area contributed by atoms with Gasteiger partial charge in [-0.1, -0.05) is 23.2 Å². The summed E-state index contributed by atoms with van der Waals surface area (Å²) in [7, 11) is 0. The summed E-state index contributed by atoms with van der Waals surface area (Å²) in [5.41, 5.74) is 0.572. The van der Waals surface area contributed by atoms with Gasteiger partial charge in [-0.05, 0) is 45.0 Å². The SMILES string of the molecule is C[C@H](n1ccc2cc(N(CCO)C(=O)c3c(Cl)ncnc3Cl)ccc21)C(C)(C)O. The molecular formula is C20H22Cl2N4O3. The van der Waals surface area contributed by atoms with E-state index in [0.29, 0.717) is 5.69 Å². The number of nitrogens with zero attached hydrogens (tertiary/aromatic N) is 4. The van der Waals surface area contributed by atoms with Gasteiger partial charge in [-0.25, -0.2) is 9.97 Å². The number of benzene rings is 1. The van der Waals surface area contributed by atoms with Gasteiger partial charge >= 0.3 is 0 Å². The van der Waals surface area contributed by atoms with Crippen LogP contribution in [-0.2, 0) is 0 Å². The summed E-state index contributed by atoms with van der Waals surface area (Å²) >= 11 is 12.1. The zero-order chi connectivity index (χ0) is 21.3. The Morgan fingerprint density at radius 1 is 1.24 bits per heavy atom. The molecular weight excluding hydrogens is 415 g/mol. The second-order valence-electron chi connectivity index (χ2n) is 7.31. The Morgan fingerprint density at radius 3 is 2.48 bits per heavy atom. The molecule has 2 heterocycles. The molecule has 7 nitrogen and oxygen atoms in total. The summed E-state index contributed by atoms with van der Waals surface area (Å²) in [6.07, 6.45) is 3.07. The molecule has 2 N–H and O–H groups in total. The molecule has 0 radical (unpaired) electrons. The van der Waals surface area contributed by atoms with Crippen molar-refractivity contribution in [1.29, 1.82) is 0 Å². The van der Waals surface area contributed by atoms with E-state index < -0.39 is 11.5 Å². The zero-order valence-corrected chi connectivity index (χ0v) is 17.8. The largest absolute Gasteiger partial charge is 0.395 e. The molecule has 0 aliphatic rings. The smallest absolute Gasteiger partial charge is 0.264 e. The number of carbonyl (C=O) groups excluding carboxylic acids is 1. The lowest BCUT2D eigenvalue weighted by Crippen LogP contribution is -2.34. The Bertz CT molecular complexity index is 1030. The zero-order valence-electron chi connectivity index (χ0n) is 16.3. The highest BCUT2D eigenvalue weighted by molar-refractivity contribution is 6.39. The van der Waals surface area contributed by atoms with Crippen LogP contribution in [0.4, 0.5) is 5.69 Å². The van der Waals surface area contributed by atoms with Crippen LogP contribution in [0.1, 0.15) is 37.2 Å². The second-order valence-corrected chi connectivity index (χ2v) is 8.02. The number of aliphatic hydroxyl groups is 2. The van der Waals surface area contributed by atoms with Crippen molar-refractivity contribution < 1.29 is 15.0 Å². The number of rotatable bonds is 6. The molecule has 2 aromatic heterocycles. The van der Waals surface area contributed by atoms with E-state index in [-0.39, 0.29) is 35.1 Å². The van der Waals surface area contributed by atoms with Gasteiger partial charge in [0.05, 0.1) is 18.2 Å². The first-order valence-corrected chi connectivity index (χ1v) is 9.82. The number of halogens is 2. The van der Waals surface area contributed by atoms with Crippen molar-refractivity contribution in [3.63, 3.8) is 0 Å². The summed E-state index contributed by atoms with van der Waals surface area (Å²) in [4.78, 5) is 22.1. The maximum atomic E-state index is 13.1. The van der Waals surface area contributed by atoms with Crippen molar-refractivity contribution in [2.75, 3.05) is 18.1 Å². The molecule has 3 rings (SSSR count). The quantitative estimate of drug-likeness (QED) is 0.574. The van der Waals surface area contributed by atoms with Gasteiger partial charge in [0.1, 0.15) is 22.2 Å². The molecule has 0 fully saturated rings. The van der Waals surface area contributed by atoms with Crippen molar-refractivity contribution in [3.05, 3.63) is 52.7 Å². The fraction of sp³-hybridized carbons (Fsp3) is 0.350. The minimum absolute atomic E-state index is 0.0161. The number of hydrogen-bond donors (Lipinski definition) is 2. The molecule has 0 bridgehead atoms. The molecule has 9 heteroatoms. The van der Waals surface area contributed by atoms with Crippen molar-refractivity contribution >= 4 is 45.7 Å². The van der Waals surface area contributed by atoms with Gasteiger partial charge < -0.3 is 19.7 Å². The number of anilines is 1. The van der Waals surface area contributed by atoms with Crippen molar-refractivity contribution in [2.24, 2.45) is 0 Å². The Balaban J connectivity index is 2.03. The summed E-state index contributed by atoms with van der Waals surface area (Å²) in [5.74, 6) is -0.502. The van der Waals surface area contributed by atoms with Gasteiger partial charge in [0.15, 0.2) is 0 Å². The summed E-state index contributed by atoms with van der Waals surface area (Å²) in [5, 5.41) is 20.6. The number of aliphatic hydroxyl groups excluding tert-OH is 1. The molecule has 1 atom stereocenters. The third-order valence-corrected chi connectivity index (χ3v) is 5.57. The molecule has 1 amide bonds. The lowest BCUT2D eigenvalue weighted by atomic mass is 10.0. The Kier molecular flexibility index (Phi) is 6.14. The van der Waals surface area contributed by atoms with Crippen LogP contribution >= 0.6 is 23.2 Å². The number of carbonyl (C=O) groups is 1. The molecule has 154 valence electrons. The van der Waals surface area contributed by atoms with E-state index >= 15 is 0 Å². The van der Waals surface area contributed by atoms with Gasteiger partial charge in [-0.2, -0.15) is 0 Å². The van der Waals surface area contributed by atoms with Crippen LogP contribution in [0.25, 0.3) is 10.9 Å². The molecule has 0 aliphatic heterocycles. The molecule has 1 aromatic carbocycles. The van der Waals surface area contributed by atoms with E-state index in [2.05, 4.69) is 9.97 Å². The van der Waals surface area contributed by atoms with E-state index in [0.717, 1.165) is 10.9 Å². The number of hydrogen-bond acceptors (Lipinski definition) is 5. The van der Waals surface area contributed by atoms with Gasteiger partial charge in [0.2, 0.25) is 0 Å². The molecule has 0 saturated carbocycles. The van der Waals surface area contributed by atoms with Crippen LogP contribution in [0.5, 0.6) is 0 Å². The summed E-state index contributed by atoms with van der Waals surface area (Å²) in [6, 6.07) is 7.24. The fourth-order valence-electron chi connectivity index (χ4n) is 3.10. The first-order valence-electron chi connectivity index (χ1n) is 9.07. The van der Waals surface area contributed by atoms with Crippen molar-refractivity contribution in [3.8, 4) is 0 Å². The third kappa shape index (κ3) is 4.23. The first kappa shape index (κ1) is 21.5. The highest BCUT2D eigenvalue weighted by atomic mass is 35.5. The summed E-state index contributed by atoms with van der Waals surface area (Å²) < 4.78 is 1.98. The molecule has 29 heavy (non-hydrogen) atoms. The van der Waals surface area contributed by atoms with E-state index in [1.165, 1.54) is 11.2 Å². The predicted molar refractivity (Wildman–Crippen MR) is 114 cm³/mol. The van der Waals surface area contributed by atoms with Gasteiger partial charge in [-0.15, -0.1) is 0 Å². The molecule has 0 saturated heterocycles. The first-order chi connectivity index (χ1) is 13.6. The average molecular weight is 437 g/mol. The van der Waals surface area contributed by atoms with Crippen LogP contribution in [-0.4, -0.2) is 49.4 Å². The molecule has 3 aromatic rings. The number of fused-ring (bicyclic) bond motifs is 1. The minimum Gasteiger partial charge on any atom is -0.395 e. The highest BCUT2D eigenvalue weighted by Gasteiger charge is 2.26. The molecule has 0 spiro atoms. The van der Waals surface area contributed by atoms with Crippen molar-refractivity contribution in [2.45, 2.75) is 32.4 Å². The van der Waals surface area contributed by atoms with Gasteiger partial charge in [-0.3, -0.25) is 4.79 Å². The van der Waals surface area contributed by atoms with Crippen LogP contribution in [0, 0.1) is 0 Å². The maximum absolute atomic E-state index is 13.1. The summed E-state index contributed by atoms with van der Waals surface area (Å²) in [6.45, 7) is 5.26. The van der Waals surface area contributed by atoms with Crippen LogP contribution in [0.3, 0.4) is 0 Å². The van der Waals surface area contributed by atoms with Gasteiger partial charge in [0.25, 0.3) is 5.91 Å². The lowest BCUT2D eigenvalue weighted by molar-refractivity contribution is 0.0322. The van der Waals surface area contributed by atoms with E-state index in [4.69, 9.17) is 23.2 Å². The van der Waals surface area contributed by atoms with E-state index in [1.54, 1.807) is 19.9 Å². The lowest BCUT2D eigenvalue weighted by Gasteiger charge is -2.28. The fourth-order valence-corrected chi connectivity index (χ4v) is 3.58. The van der Waals surface area contributed by atoms with Gasteiger partial charge in [0, 0.05) is 29.3 Å². The normalized spacial score (nSPS) is 12.9. The average Bonchev–Trinajstić information content (AvgIpc) is 3.07. The van der Waals surface area contributed by atoms with Crippen molar-refractivity contribution in [1.82, 2.24) is 14.5 Å². The predicted octanol–water partition coefficient (Wildman–Crippen LogP) is 3.71. The third-order valence-electron chi connectivity index (χ3n) is 4.99. The van der Waals surface area contributed by atoms with Crippen LogP contribution in [0.2, 0.25) is 10.3 Å². The molecule has 0 aliphatic carbocycles. The monoisotopic (exact) mass is 436 g/mol. The van der Waals surface area contributed by atoms with E-state index in [1.807, 2.05) is 35.9 Å². The highest BCUT2D eigenvalue weighted by Crippen LogP contribution is 2.31. The van der Waals surface area contributed by atoms with Crippen LogP contribution < -0.4 is 4.90 Å². The number of amides is 1. The Morgan fingerprint density at radius 2 is 1.90 bits per heavy atom. The maximum Gasteiger partial charge on any atom is 0.264 e. The Hall–Kier alpha value is -2.19. The number of aromatic nitrogens is 3. The van der Waals surface area contributed by atoms with E-state index in [9.17, 15) is 15.0 Å².